The number of carbonyl (C=O) groups is 2. The van der Waals surface area contributed by atoms with Gasteiger partial charge in [0.25, 0.3) is 5.91 Å². The number of esters is 1. The third kappa shape index (κ3) is 7.51. The Labute approximate surface area is 219 Å². The summed E-state index contributed by atoms with van der Waals surface area (Å²) in [5.41, 5.74) is 4.00. The zero-order chi connectivity index (χ0) is 26.7. The number of hydrogen-bond acceptors (Lipinski definition) is 6. The Morgan fingerprint density at radius 1 is 0.842 bits per heavy atom. The van der Waals surface area contributed by atoms with E-state index in [2.05, 4.69) is 10.5 Å². The van der Waals surface area contributed by atoms with Crippen molar-refractivity contribution >= 4 is 18.1 Å². The minimum atomic E-state index is -0.792. The number of nitrogens with one attached hydrogen (secondary N) is 1. The van der Waals surface area contributed by atoms with Crippen molar-refractivity contribution in [3.05, 3.63) is 126 Å². The highest BCUT2D eigenvalue weighted by atomic mass is 19.1. The fraction of sp³-hybridized carbons (Fsp3) is 0.100. The summed E-state index contributed by atoms with van der Waals surface area (Å²) >= 11 is 0. The molecule has 0 aliphatic carbocycles. The van der Waals surface area contributed by atoms with Crippen molar-refractivity contribution in [2.45, 2.75) is 19.6 Å². The molecule has 1 amide bonds. The van der Waals surface area contributed by atoms with Gasteiger partial charge in [-0.2, -0.15) is 5.10 Å². The van der Waals surface area contributed by atoms with Crippen LogP contribution in [0.3, 0.4) is 0 Å². The van der Waals surface area contributed by atoms with Crippen LogP contribution in [0.4, 0.5) is 4.39 Å². The number of benzene rings is 4. The summed E-state index contributed by atoms with van der Waals surface area (Å²) in [6.07, 6.45) is 0.648. The Morgan fingerprint density at radius 2 is 1.47 bits per heavy atom. The Balaban J connectivity index is 1.22. The molecule has 0 spiro atoms. The van der Waals surface area contributed by atoms with Gasteiger partial charge in [0.15, 0.2) is 6.10 Å². The van der Waals surface area contributed by atoms with Crippen LogP contribution in [-0.2, 0) is 11.4 Å². The maximum absolute atomic E-state index is 13.7. The molecular formula is C30H25FN2O5. The van der Waals surface area contributed by atoms with Crippen molar-refractivity contribution in [1.82, 2.24) is 5.43 Å². The first-order valence-electron chi connectivity index (χ1n) is 11.8. The molecule has 0 aliphatic heterocycles. The number of halogens is 1. The second kappa shape index (κ2) is 12.8. The maximum atomic E-state index is 13.7. The largest absolute Gasteiger partial charge is 0.489 e. The first-order valence-corrected chi connectivity index (χ1v) is 11.8. The monoisotopic (exact) mass is 512 g/mol. The van der Waals surface area contributed by atoms with E-state index in [1.807, 2.05) is 30.3 Å². The topological polar surface area (TPSA) is 86.2 Å². The average Bonchev–Trinajstić information content (AvgIpc) is 2.94. The Bertz CT molecular complexity index is 1390. The Morgan fingerprint density at radius 3 is 2.18 bits per heavy atom. The third-order valence-corrected chi connectivity index (χ3v) is 5.33. The molecule has 4 rings (SSSR count). The van der Waals surface area contributed by atoms with Crippen LogP contribution in [0.25, 0.3) is 0 Å². The van der Waals surface area contributed by atoms with E-state index in [0.29, 0.717) is 23.7 Å². The van der Waals surface area contributed by atoms with Crippen LogP contribution in [-0.4, -0.2) is 24.2 Å². The van der Waals surface area contributed by atoms with Crippen molar-refractivity contribution in [2.24, 2.45) is 5.10 Å². The fourth-order valence-corrected chi connectivity index (χ4v) is 3.29. The highest BCUT2D eigenvalue weighted by Gasteiger charge is 2.15. The standard InChI is InChI=1S/C30H25FN2O5/c1-21(37-25-17-15-24(16-18-25)36-20-23-7-3-2-4-8-23)29(34)33-32-19-22-11-13-26(14-12-22)38-30(35)27-9-5-6-10-28(27)31/h2-19,21H,20H2,1H3,(H,33,34). The molecule has 4 aromatic carbocycles. The summed E-state index contributed by atoms with van der Waals surface area (Å²) in [6.45, 7) is 2.07. The van der Waals surface area contributed by atoms with Crippen LogP contribution < -0.4 is 19.6 Å². The molecule has 192 valence electrons. The maximum Gasteiger partial charge on any atom is 0.346 e. The van der Waals surface area contributed by atoms with Gasteiger partial charge >= 0.3 is 5.97 Å². The normalized spacial score (nSPS) is 11.5. The number of hydrazone groups is 1. The van der Waals surface area contributed by atoms with E-state index in [-0.39, 0.29) is 11.3 Å². The molecule has 1 unspecified atom stereocenters. The number of nitrogens with zero attached hydrogens (tertiary/aromatic N) is 1. The van der Waals surface area contributed by atoms with E-state index in [4.69, 9.17) is 14.2 Å². The molecule has 1 N–H and O–H groups in total. The van der Waals surface area contributed by atoms with E-state index in [1.54, 1.807) is 61.5 Å². The van der Waals surface area contributed by atoms with Crippen molar-refractivity contribution in [3.8, 4) is 17.2 Å². The molecule has 8 heteroatoms. The molecule has 0 heterocycles. The SMILES string of the molecule is CC(Oc1ccc(OCc2ccccc2)cc1)C(=O)NN=Cc1ccc(OC(=O)c2ccccc2F)cc1. The number of amides is 1. The second-order valence-corrected chi connectivity index (χ2v) is 8.18. The summed E-state index contributed by atoms with van der Waals surface area (Å²) in [5, 5.41) is 3.94. The van der Waals surface area contributed by atoms with E-state index >= 15 is 0 Å². The molecular weight excluding hydrogens is 487 g/mol. The summed E-state index contributed by atoms with van der Waals surface area (Å²) in [7, 11) is 0. The third-order valence-electron chi connectivity index (χ3n) is 5.33. The number of rotatable bonds is 10. The molecule has 38 heavy (non-hydrogen) atoms. The molecule has 0 radical (unpaired) electrons. The molecule has 0 fully saturated rings. The van der Waals surface area contributed by atoms with Gasteiger partial charge in [-0.3, -0.25) is 4.79 Å². The van der Waals surface area contributed by atoms with Crippen molar-refractivity contribution < 1.29 is 28.2 Å². The van der Waals surface area contributed by atoms with Gasteiger partial charge in [0.1, 0.15) is 29.7 Å². The van der Waals surface area contributed by atoms with Crippen LogP contribution in [0.1, 0.15) is 28.4 Å². The smallest absolute Gasteiger partial charge is 0.346 e. The molecule has 0 saturated carbocycles. The van der Waals surface area contributed by atoms with Gasteiger partial charge in [-0.05, 0) is 78.7 Å². The van der Waals surface area contributed by atoms with E-state index in [1.165, 1.54) is 24.4 Å². The van der Waals surface area contributed by atoms with Gasteiger partial charge in [-0.15, -0.1) is 0 Å². The van der Waals surface area contributed by atoms with Gasteiger partial charge in [0, 0.05) is 0 Å². The first kappa shape index (κ1) is 26.1. The zero-order valence-electron chi connectivity index (χ0n) is 20.5. The van der Waals surface area contributed by atoms with E-state index in [9.17, 15) is 14.0 Å². The molecule has 0 bridgehead atoms. The highest BCUT2D eigenvalue weighted by Crippen LogP contribution is 2.20. The summed E-state index contributed by atoms with van der Waals surface area (Å²) < 4.78 is 30.3. The Kier molecular flexibility index (Phi) is 8.80. The van der Waals surface area contributed by atoms with Gasteiger partial charge in [-0.1, -0.05) is 42.5 Å². The quantitative estimate of drug-likeness (QED) is 0.130. The lowest BCUT2D eigenvalue weighted by atomic mass is 10.2. The number of ether oxygens (including phenoxy) is 3. The molecule has 0 aliphatic rings. The fourth-order valence-electron chi connectivity index (χ4n) is 3.29. The minimum Gasteiger partial charge on any atom is -0.489 e. The highest BCUT2D eigenvalue weighted by molar-refractivity contribution is 5.91. The van der Waals surface area contributed by atoms with Crippen LogP contribution in [0.5, 0.6) is 17.2 Å². The minimum absolute atomic E-state index is 0.149. The molecule has 0 saturated heterocycles. The lowest BCUT2D eigenvalue weighted by Gasteiger charge is -2.13. The molecule has 1 atom stereocenters. The van der Waals surface area contributed by atoms with Crippen LogP contribution >= 0.6 is 0 Å². The van der Waals surface area contributed by atoms with Gasteiger partial charge in [0.2, 0.25) is 0 Å². The number of carbonyl (C=O) groups excluding carboxylic acids is 2. The lowest BCUT2D eigenvalue weighted by molar-refractivity contribution is -0.127. The van der Waals surface area contributed by atoms with E-state index in [0.717, 1.165) is 5.56 Å². The zero-order valence-corrected chi connectivity index (χ0v) is 20.5. The van der Waals surface area contributed by atoms with Crippen molar-refractivity contribution in [3.63, 3.8) is 0 Å². The predicted molar refractivity (Wildman–Crippen MR) is 141 cm³/mol. The van der Waals surface area contributed by atoms with Crippen LogP contribution in [0.2, 0.25) is 0 Å². The average molecular weight is 513 g/mol. The van der Waals surface area contributed by atoms with Crippen LogP contribution in [0.15, 0.2) is 108 Å². The van der Waals surface area contributed by atoms with Gasteiger partial charge in [-0.25, -0.2) is 14.6 Å². The molecule has 0 aromatic heterocycles. The Hall–Kier alpha value is -4.98. The van der Waals surface area contributed by atoms with E-state index < -0.39 is 23.8 Å². The number of hydrogen-bond donors (Lipinski definition) is 1. The summed E-state index contributed by atoms with van der Waals surface area (Å²) in [6, 6.07) is 28.8. The lowest BCUT2D eigenvalue weighted by Crippen LogP contribution is -2.33. The molecule has 7 nitrogen and oxygen atoms in total. The van der Waals surface area contributed by atoms with Gasteiger partial charge in [0.05, 0.1) is 11.8 Å². The summed E-state index contributed by atoms with van der Waals surface area (Å²) in [4.78, 5) is 24.4. The van der Waals surface area contributed by atoms with Gasteiger partial charge < -0.3 is 14.2 Å². The predicted octanol–water partition coefficient (Wildman–Crippen LogP) is 5.54. The second-order valence-electron chi connectivity index (χ2n) is 8.18. The van der Waals surface area contributed by atoms with Crippen LogP contribution in [0, 0.1) is 5.82 Å². The first-order chi connectivity index (χ1) is 18.5. The summed E-state index contributed by atoms with van der Waals surface area (Å²) in [5.74, 6) is -0.417. The van der Waals surface area contributed by atoms with Crippen molar-refractivity contribution in [1.29, 1.82) is 0 Å². The molecule has 4 aromatic rings. The van der Waals surface area contributed by atoms with Crippen molar-refractivity contribution in [2.75, 3.05) is 0 Å².